The number of amides is 1. The Kier molecular flexibility index (Phi) is 5.50. The lowest BCUT2D eigenvalue weighted by Crippen LogP contribution is -2.26. The highest BCUT2D eigenvalue weighted by molar-refractivity contribution is 5.95. The van der Waals surface area contributed by atoms with Crippen LogP contribution in [-0.2, 0) is 0 Å². The number of rotatable bonds is 7. The monoisotopic (exact) mass is 316 g/mol. The van der Waals surface area contributed by atoms with E-state index >= 15 is 0 Å². The fourth-order valence-electron chi connectivity index (χ4n) is 2.32. The van der Waals surface area contributed by atoms with Gasteiger partial charge in [-0.05, 0) is 37.3 Å². The van der Waals surface area contributed by atoms with Crippen molar-refractivity contribution in [2.45, 2.75) is 33.6 Å². The van der Waals surface area contributed by atoms with Crippen LogP contribution in [0.3, 0.4) is 0 Å². The molecule has 0 radical (unpaired) electrons. The molecule has 0 aliphatic carbocycles. The fraction of sp³-hybridized carbons (Fsp3) is 0.471. The van der Waals surface area contributed by atoms with Gasteiger partial charge in [-0.1, -0.05) is 13.8 Å². The number of carbonyl (C=O) groups is 1. The summed E-state index contributed by atoms with van der Waals surface area (Å²) in [4.78, 5) is 16.3. The lowest BCUT2D eigenvalue weighted by molar-refractivity contribution is 0.0948. The molecule has 23 heavy (non-hydrogen) atoms. The lowest BCUT2D eigenvalue weighted by Gasteiger charge is -2.21. The molecule has 0 saturated heterocycles. The number of nitrogens with zero attached hydrogens (tertiary/aromatic N) is 3. The molecule has 0 unspecified atom stereocenters. The van der Waals surface area contributed by atoms with E-state index in [9.17, 15) is 9.90 Å². The van der Waals surface area contributed by atoms with Gasteiger partial charge >= 0.3 is 0 Å². The standard InChI is InChI=1S/C17H24N4O2/c1-13-15(11-20-21(13)14-5-9-18-10-6-14)16(23)19-8-4-7-17(2,3)12-22/h5-6,9-11,22H,4,7-8,12H2,1-3H3,(H,19,23). The zero-order valence-corrected chi connectivity index (χ0v) is 13.9. The Bertz CT molecular complexity index is 650. The first-order valence-corrected chi connectivity index (χ1v) is 7.79. The van der Waals surface area contributed by atoms with Crippen molar-refractivity contribution < 1.29 is 9.90 Å². The number of pyridine rings is 1. The van der Waals surface area contributed by atoms with E-state index in [0.29, 0.717) is 12.1 Å². The molecule has 1 amide bonds. The summed E-state index contributed by atoms with van der Waals surface area (Å²) in [6, 6.07) is 3.69. The molecular weight excluding hydrogens is 292 g/mol. The van der Waals surface area contributed by atoms with E-state index in [0.717, 1.165) is 24.2 Å². The van der Waals surface area contributed by atoms with E-state index in [2.05, 4.69) is 15.4 Å². The van der Waals surface area contributed by atoms with Gasteiger partial charge < -0.3 is 10.4 Å². The second-order valence-electron chi connectivity index (χ2n) is 6.44. The molecule has 0 aliphatic heterocycles. The maximum Gasteiger partial charge on any atom is 0.254 e. The van der Waals surface area contributed by atoms with Crippen molar-refractivity contribution in [1.29, 1.82) is 0 Å². The van der Waals surface area contributed by atoms with E-state index in [1.54, 1.807) is 23.3 Å². The van der Waals surface area contributed by atoms with Gasteiger partial charge in [0.25, 0.3) is 5.91 Å². The van der Waals surface area contributed by atoms with E-state index in [-0.39, 0.29) is 17.9 Å². The maximum absolute atomic E-state index is 12.3. The highest BCUT2D eigenvalue weighted by atomic mass is 16.3. The van der Waals surface area contributed by atoms with Crippen LogP contribution in [-0.4, -0.2) is 38.9 Å². The summed E-state index contributed by atoms with van der Waals surface area (Å²) >= 11 is 0. The first-order chi connectivity index (χ1) is 10.9. The molecule has 0 bridgehead atoms. The molecule has 0 aliphatic rings. The van der Waals surface area contributed by atoms with Crippen molar-refractivity contribution in [2.75, 3.05) is 13.2 Å². The van der Waals surface area contributed by atoms with Crippen LogP contribution < -0.4 is 5.32 Å². The molecule has 2 aromatic rings. The molecule has 2 N–H and O–H groups in total. The van der Waals surface area contributed by atoms with Gasteiger partial charge in [-0.25, -0.2) is 4.68 Å². The minimum absolute atomic E-state index is 0.104. The van der Waals surface area contributed by atoms with Gasteiger partial charge in [0.05, 0.1) is 23.1 Å². The molecule has 6 nitrogen and oxygen atoms in total. The summed E-state index contributed by atoms with van der Waals surface area (Å²) in [6.45, 7) is 6.63. The zero-order chi connectivity index (χ0) is 16.9. The second kappa shape index (κ2) is 7.37. The Morgan fingerprint density at radius 2 is 2.04 bits per heavy atom. The van der Waals surface area contributed by atoms with Crippen LogP contribution >= 0.6 is 0 Å². The van der Waals surface area contributed by atoms with Crippen LogP contribution in [0.25, 0.3) is 5.69 Å². The number of aliphatic hydroxyl groups is 1. The normalized spacial score (nSPS) is 11.5. The number of carbonyl (C=O) groups excluding carboxylic acids is 1. The molecule has 0 spiro atoms. The molecule has 0 aromatic carbocycles. The van der Waals surface area contributed by atoms with E-state index in [4.69, 9.17) is 0 Å². The molecule has 2 aromatic heterocycles. The summed E-state index contributed by atoms with van der Waals surface area (Å²) in [6.07, 6.45) is 6.66. The van der Waals surface area contributed by atoms with Crippen molar-refractivity contribution in [3.63, 3.8) is 0 Å². The first kappa shape index (κ1) is 17.1. The summed E-state index contributed by atoms with van der Waals surface area (Å²) in [5, 5.41) is 16.4. The molecule has 2 rings (SSSR count). The van der Waals surface area contributed by atoms with E-state index in [1.165, 1.54) is 0 Å². The number of aromatic nitrogens is 3. The van der Waals surface area contributed by atoms with Crippen molar-refractivity contribution >= 4 is 5.91 Å². The Balaban J connectivity index is 1.95. The van der Waals surface area contributed by atoms with Crippen molar-refractivity contribution in [1.82, 2.24) is 20.1 Å². The average molecular weight is 316 g/mol. The van der Waals surface area contributed by atoms with Gasteiger partial charge in [0.1, 0.15) is 0 Å². The van der Waals surface area contributed by atoms with Crippen molar-refractivity contribution in [3.05, 3.63) is 42.0 Å². The third-order valence-electron chi connectivity index (χ3n) is 3.91. The topological polar surface area (TPSA) is 80.0 Å². The Morgan fingerprint density at radius 3 is 2.70 bits per heavy atom. The van der Waals surface area contributed by atoms with Crippen LogP contribution in [0.4, 0.5) is 0 Å². The summed E-state index contributed by atoms with van der Waals surface area (Å²) in [7, 11) is 0. The molecule has 0 fully saturated rings. The Labute approximate surface area is 136 Å². The predicted octanol–water partition coefficient (Wildman–Crippen LogP) is 2.10. The summed E-state index contributed by atoms with van der Waals surface area (Å²) in [5.41, 5.74) is 2.14. The van der Waals surface area contributed by atoms with E-state index < -0.39 is 0 Å². The number of nitrogens with one attached hydrogen (secondary N) is 1. The van der Waals surface area contributed by atoms with Gasteiger partial charge in [0.15, 0.2) is 0 Å². The van der Waals surface area contributed by atoms with Crippen LogP contribution in [0.1, 0.15) is 42.7 Å². The molecule has 2 heterocycles. The highest BCUT2D eigenvalue weighted by Crippen LogP contribution is 2.20. The summed E-state index contributed by atoms with van der Waals surface area (Å²) in [5.74, 6) is -0.121. The Morgan fingerprint density at radius 1 is 1.35 bits per heavy atom. The Hall–Kier alpha value is -2.21. The van der Waals surface area contributed by atoms with Crippen LogP contribution in [0.15, 0.2) is 30.7 Å². The quantitative estimate of drug-likeness (QED) is 0.767. The van der Waals surface area contributed by atoms with Crippen molar-refractivity contribution in [3.8, 4) is 5.69 Å². The lowest BCUT2D eigenvalue weighted by atomic mass is 9.89. The molecular formula is C17H24N4O2. The van der Waals surface area contributed by atoms with Gasteiger partial charge in [0, 0.05) is 25.5 Å². The third-order valence-corrected chi connectivity index (χ3v) is 3.91. The van der Waals surface area contributed by atoms with Crippen molar-refractivity contribution in [2.24, 2.45) is 5.41 Å². The maximum atomic E-state index is 12.3. The molecule has 0 atom stereocenters. The van der Waals surface area contributed by atoms with Crippen LogP contribution in [0.2, 0.25) is 0 Å². The van der Waals surface area contributed by atoms with Gasteiger partial charge in [0.2, 0.25) is 0 Å². The number of hydrogen-bond acceptors (Lipinski definition) is 4. The molecule has 124 valence electrons. The van der Waals surface area contributed by atoms with Gasteiger partial charge in [-0.2, -0.15) is 5.10 Å². The smallest absolute Gasteiger partial charge is 0.254 e. The third kappa shape index (κ3) is 4.39. The highest BCUT2D eigenvalue weighted by Gasteiger charge is 2.17. The number of aliphatic hydroxyl groups excluding tert-OH is 1. The minimum atomic E-state index is -0.121. The minimum Gasteiger partial charge on any atom is -0.396 e. The summed E-state index contributed by atoms with van der Waals surface area (Å²) < 4.78 is 1.73. The first-order valence-electron chi connectivity index (χ1n) is 7.79. The predicted molar refractivity (Wildman–Crippen MR) is 88.5 cm³/mol. The fourth-order valence-corrected chi connectivity index (χ4v) is 2.32. The van der Waals surface area contributed by atoms with Crippen LogP contribution in [0, 0.1) is 12.3 Å². The SMILES string of the molecule is Cc1c(C(=O)NCCCC(C)(C)CO)cnn1-c1ccncc1. The second-order valence-corrected chi connectivity index (χ2v) is 6.44. The molecule has 0 saturated carbocycles. The average Bonchev–Trinajstić information content (AvgIpc) is 2.94. The zero-order valence-electron chi connectivity index (χ0n) is 13.9. The molecule has 6 heteroatoms. The number of hydrogen-bond donors (Lipinski definition) is 2. The van der Waals surface area contributed by atoms with Gasteiger partial charge in [-0.3, -0.25) is 9.78 Å². The van der Waals surface area contributed by atoms with Gasteiger partial charge in [-0.15, -0.1) is 0 Å². The largest absolute Gasteiger partial charge is 0.396 e. The van der Waals surface area contributed by atoms with Crippen LogP contribution in [0.5, 0.6) is 0 Å². The van der Waals surface area contributed by atoms with E-state index in [1.807, 2.05) is 32.9 Å².